The Morgan fingerprint density at radius 1 is 1.03 bits per heavy atom. The number of aldehydes is 1. The first-order chi connectivity index (χ1) is 14.0. The molecular formula is C22H22O7. The maximum atomic E-state index is 13.2. The lowest BCUT2D eigenvalue weighted by atomic mass is 9.85. The molecule has 0 amide bonds. The zero-order chi connectivity index (χ0) is 21.3. The lowest BCUT2D eigenvalue weighted by Gasteiger charge is -2.36. The van der Waals surface area contributed by atoms with Crippen LogP contribution < -0.4 is 0 Å². The van der Waals surface area contributed by atoms with Gasteiger partial charge in [0.2, 0.25) is 11.4 Å². The standard InChI is InChI=1S/C22H22O7/c1-2-13-28-22(15-24,19(26)16-9-5-3-6-10-16)20(18(25)14-23)29-21(27)17-11-7-4-8-12-17/h2-12,15,18,20,23,25H,1,13-14H2/t18-,20-,22+/m1/s1. The van der Waals surface area contributed by atoms with Gasteiger partial charge in [-0.2, -0.15) is 0 Å². The van der Waals surface area contributed by atoms with Gasteiger partial charge < -0.3 is 19.7 Å². The summed E-state index contributed by atoms with van der Waals surface area (Å²) in [6.07, 6.45) is -2.08. The topological polar surface area (TPSA) is 110 Å². The van der Waals surface area contributed by atoms with Gasteiger partial charge in [-0.05, 0) is 12.1 Å². The van der Waals surface area contributed by atoms with Crippen LogP contribution >= 0.6 is 0 Å². The predicted molar refractivity (Wildman–Crippen MR) is 104 cm³/mol. The van der Waals surface area contributed by atoms with Gasteiger partial charge in [-0.25, -0.2) is 4.79 Å². The number of aliphatic hydroxyl groups excluding tert-OH is 2. The van der Waals surface area contributed by atoms with Gasteiger partial charge in [-0.1, -0.05) is 54.6 Å². The molecule has 0 aliphatic rings. The molecule has 0 saturated heterocycles. The van der Waals surface area contributed by atoms with Crippen molar-refractivity contribution in [2.75, 3.05) is 13.2 Å². The second kappa shape index (κ2) is 10.4. The van der Waals surface area contributed by atoms with Gasteiger partial charge in [0.15, 0.2) is 12.4 Å². The van der Waals surface area contributed by atoms with Crippen molar-refractivity contribution < 1.29 is 34.1 Å². The van der Waals surface area contributed by atoms with E-state index >= 15 is 0 Å². The Labute approximate surface area is 168 Å². The highest BCUT2D eigenvalue weighted by molar-refractivity contribution is 6.12. The summed E-state index contributed by atoms with van der Waals surface area (Å²) in [7, 11) is 0. The van der Waals surface area contributed by atoms with Crippen LogP contribution in [-0.2, 0) is 14.3 Å². The fraction of sp³-hybridized carbons (Fsp3) is 0.227. The quantitative estimate of drug-likeness (QED) is 0.194. The molecule has 2 aromatic rings. The van der Waals surface area contributed by atoms with Crippen LogP contribution in [0.3, 0.4) is 0 Å². The van der Waals surface area contributed by atoms with Crippen LogP contribution in [0.1, 0.15) is 20.7 Å². The molecule has 0 aliphatic carbocycles. The van der Waals surface area contributed by atoms with Crippen LogP contribution in [0.4, 0.5) is 0 Å². The summed E-state index contributed by atoms with van der Waals surface area (Å²) < 4.78 is 10.8. The van der Waals surface area contributed by atoms with Gasteiger partial charge in [0.05, 0.1) is 18.8 Å². The normalized spacial score (nSPS) is 14.8. The maximum absolute atomic E-state index is 13.2. The molecule has 0 fully saturated rings. The Hall–Kier alpha value is -3.13. The van der Waals surface area contributed by atoms with Gasteiger partial charge in [0, 0.05) is 5.56 Å². The van der Waals surface area contributed by atoms with Crippen molar-refractivity contribution in [2.45, 2.75) is 17.8 Å². The first-order valence-electron chi connectivity index (χ1n) is 8.86. The van der Waals surface area contributed by atoms with E-state index in [0.29, 0.717) is 0 Å². The summed E-state index contributed by atoms with van der Waals surface area (Å²) in [6, 6.07) is 15.6. The highest BCUT2D eigenvalue weighted by atomic mass is 16.6. The summed E-state index contributed by atoms with van der Waals surface area (Å²) >= 11 is 0. The minimum atomic E-state index is -2.39. The van der Waals surface area contributed by atoms with E-state index in [2.05, 4.69) is 6.58 Å². The Kier molecular flexibility index (Phi) is 7.97. The van der Waals surface area contributed by atoms with Gasteiger partial charge in [0.1, 0.15) is 6.10 Å². The molecule has 7 heteroatoms. The third-order valence-corrected chi connectivity index (χ3v) is 4.21. The molecule has 0 aromatic heterocycles. The van der Waals surface area contributed by atoms with Crippen molar-refractivity contribution in [2.24, 2.45) is 0 Å². The van der Waals surface area contributed by atoms with E-state index in [9.17, 15) is 24.6 Å². The zero-order valence-corrected chi connectivity index (χ0v) is 15.6. The Morgan fingerprint density at radius 2 is 1.59 bits per heavy atom. The second-order valence-electron chi connectivity index (χ2n) is 6.15. The van der Waals surface area contributed by atoms with E-state index in [-0.39, 0.29) is 24.0 Å². The molecule has 0 spiro atoms. The van der Waals surface area contributed by atoms with Crippen LogP contribution in [-0.4, -0.2) is 59.3 Å². The smallest absolute Gasteiger partial charge is 0.338 e. The number of esters is 1. The number of rotatable bonds is 11. The summed E-state index contributed by atoms with van der Waals surface area (Å²) in [4.78, 5) is 37.9. The molecular weight excluding hydrogens is 376 g/mol. The first kappa shape index (κ1) is 22.2. The summed E-state index contributed by atoms with van der Waals surface area (Å²) in [5.41, 5.74) is -2.14. The molecule has 7 nitrogen and oxygen atoms in total. The SMILES string of the molecule is C=CCO[C@@](C=O)(C(=O)c1ccccc1)[C@H](OC(=O)c1ccccc1)[C@H](O)CO. The van der Waals surface area contributed by atoms with Gasteiger partial charge >= 0.3 is 5.97 Å². The molecule has 0 aliphatic heterocycles. The molecule has 29 heavy (non-hydrogen) atoms. The number of aliphatic hydroxyl groups is 2. The lowest BCUT2D eigenvalue weighted by molar-refractivity contribution is -0.154. The highest BCUT2D eigenvalue weighted by Gasteiger charge is 2.53. The largest absolute Gasteiger partial charge is 0.452 e. The third kappa shape index (κ3) is 5.03. The van der Waals surface area contributed by atoms with Crippen molar-refractivity contribution in [1.82, 2.24) is 0 Å². The minimum absolute atomic E-state index is 0.106. The second-order valence-corrected chi connectivity index (χ2v) is 6.15. The van der Waals surface area contributed by atoms with Crippen molar-refractivity contribution >= 4 is 18.0 Å². The number of benzene rings is 2. The molecule has 3 atom stereocenters. The van der Waals surface area contributed by atoms with E-state index in [0.717, 1.165) is 0 Å². The van der Waals surface area contributed by atoms with E-state index < -0.39 is 36.2 Å². The first-order valence-corrected chi connectivity index (χ1v) is 8.86. The van der Waals surface area contributed by atoms with Crippen LogP contribution in [0.25, 0.3) is 0 Å². The lowest BCUT2D eigenvalue weighted by Crippen LogP contribution is -2.60. The molecule has 0 radical (unpaired) electrons. The Morgan fingerprint density at radius 3 is 2.07 bits per heavy atom. The molecule has 0 unspecified atom stereocenters. The van der Waals surface area contributed by atoms with Crippen molar-refractivity contribution in [1.29, 1.82) is 0 Å². The number of hydrogen-bond donors (Lipinski definition) is 2. The summed E-state index contributed by atoms with van der Waals surface area (Å²) in [5, 5.41) is 19.8. The molecule has 2 aromatic carbocycles. The number of carbonyl (C=O) groups is 3. The van der Waals surface area contributed by atoms with Gasteiger partial charge in [0.25, 0.3) is 0 Å². The average Bonchev–Trinajstić information content (AvgIpc) is 2.79. The van der Waals surface area contributed by atoms with Crippen LogP contribution in [0.5, 0.6) is 0 Å². The zero-order valence-electron chi connectivity index (χ0n) is 15.6. The Balaban J connectivity index is 2.51. The van der Waals surface area contributed by atoms with Crippen LogP contribution in [0, 0.1) is 0 Å². The monoisotopic (exact) mass is 398 g/mol. The van der Waals surface area contributed by atoms with Gasteiger partial charge in [-0.15, -0.1) is 6.58 Å². The highest BCUT2D eigenvalue weighted by Crippen LogP contribution is 2.27. The number of carbonyl (C=O) groups excluding carboxylic acids is 3. The molecule has 0 heterocycles. The van der Waals surface area contributed by atoms with E-state index in [1.807, 2.05) is 0 Å². The summed E-state index contributed by atoms with van der Waals surface area (Å²) in [5.74, 6) is -1.72. The number of Topliss-reactive ketones (excluding diaryl/α,β-unsaturated/α-hetero) is 1. The molecule has 0 bridgehead atoms. The number of ether oxygens (including phenoxy) is 2. The predicted octanol–water partition coefficient (Wildman–Crippen LogP) is 1.59. The minimum Gasteiger partial charge on any atom is -0.452 e. The fourth-order valence-electron chi connectivity index (χ4n) is 2.75. The molecule has 0 saturated carbocycles. The van der Waals surface area contributed by atoms with Gasteiger partial charge in [-0.3, -0.25) is 9.59 Å². The fourth-order valence-corrected chi connectivity index (χ4v) is 2.75. The third-order valence-electron chi connectivity index (χ3n) is 4.21. The van der Waals surface area contributed by atoms with Crippen molar-refractivity contribution in [3.05, 3.63) is 84.4 Å². The van der Waals surface area contributed by atoms with E-state index in [4.69, 9.17) is 9.47 Å². The van der Waals surface area contributed by atoms with Crippen molar-refractivity contribution in [3.63, 3.8) is 0 Å². The molecule has 152 valence electrons. The summed E-state index contributed by atoms with van der Waals surface area (Å²) in [6.45, 7) is 2.38. The average molecular weight is 398 g/mol. The maximum Gasteiger partial charge on any atom is 0.338 e. The van der Waals surface area contributed by atoms with Crippen LogP contribution in [0.15, 0.2) is 73.3 Å². The van der Waals surface area contributed by atoms with E-state index in [1.165, 1.54) is 30.3 Å². The molecule has 2 rings (SSSR count). The van der Waals surface area contributed by atoms with Crippen molar-refractivity contribution in [3.8, 4) is 0 Å². The number of hydrogen-bond acceptors (Lipinski definition) is 7. The Bertz CT molecular complexity index is 835. The van der Waals surface area contributed by atoms with Crippen LogP contribution in [0.2, 0.25) is 0 Å². The molecule has 2 N–H and O–H groups in total. The number of ketones is 1. The van der Waals surface area contributed by atoms with E-state index in [1.54, 1.807) is 36.4 Å².